The smallest absolute Gasteiger partial charge is 0.433 e. The van der Waals surface area contributed by atoms with Crippen LogP contribution in [-0.4, -0.2) is 14.9 Å². The maximum atomic E-state index is 12.8. The molecule has 1 N–H and O–H groups in total. The summed E-state index contributed by atoms with van der Waals surface area (Å²) in [6.07, 6.45) is -4.46. The highest BCUT2D eigenvalue weighted by atomic mass is 19.4. The van der Waals surface area contributed by atoms with Crippen LogP contribution in [0.4, 0.5) is 13.2 Å². The van der Waals surface area contributed by atoms with E-state index < -0.39 is 11.9 Å². The fourth-order valence-electron chi connectivity index (χ4n) is 1.96. The van der Waals surface area contributed by atoms with E-state index in [1.54, 1.807) is 12.1 Å². The molecule has 6 heteroatoms. The Kier molecular flexibility index (Phi) is 2.80. The number of benzene rings is 1. The lowest BCUT2D eigenvalue weighted by Crippen LogP contribution is -2.13. The van der Waals surface area contributed by atoms with Gasteiger partial charge in [0, 0.05) is 18.2 Å². The second-order valence-corrected chi connectivity index (χ2v) is 3.96. The minimum absolute atomic E-state index is 0.00602. The van der Waals surface area contributed by atoms with Crippen LogP contribution in [0.3, 0.4) is 0 Å². The summed E-state index contributed by atoms with van der Waals surface area (Å²) in [5.41, 5.74) is -0.365. The average molecular weight is 256 g/mol. The predicted octanol–water partition coefficient (Wildman–Crippen LogP) is 3.12. The van der Waals surface area contributed by atoms with Gasteiger partial charge < -0.3 is 5.11 Å². The first-order valence-corrected chi connectivity index (χ1v) is 5.21. The van der Waals surface area contributed by atoms with E-state index in [0.29, 0.717) is 5.56 Å². The molecule has 0 saturated heterocycles. The molecule has 0 atom stereocenters. The first-order chi connectivity index (χ1) is 8.32. The molecule has 0 radical (unpaired) electrons. The van der Waals surface area contributed by atoms with E-state index in [1.807, 2.05) is 0 Å². The summed E-state index contributed by atoms with van der Waals surface area (Å²) in [6.45, 7) is 1.34. The van der Waals surface area contributed by atoms with Crippen LogP contribution in [0.2, 0.25) is 0 Å². The molecule has 0 fully saturated rings. The zero-order chi connectivity index (χ0) is 13.5. The van der Waals surface area contributed by atoms with Crippen LogP contribution in [0.1, 0.15) is 11.3 Å². The van der Waals surface area contributed by atoms with Crippen molar-refractivity contribution in [2.45, 2.75) is 13.1 Å². The minimum atomic E-state index is -4.46. The van der Waals surface area contributed by atoms with E-state index in [9.17, 15) is 18.3 Å². The first kappa shape index (κ1) is 12.5. The number of hydrogen-bond donors (Lipinski definition) is 1. The molecular formula is C12H11F3N2O. The van der Waals surface area contributed by atoms with Crippen molar-refractivity contribution in [3.63, 3.8) is 0 Å². The number of rotatable bonds is 1. The predicted molar refractivity (Wildman–Crippen MR) is 60.0 cm³/mol. The number of aromatic hydroxyl groups is 1. The topological polar surface area (TPSA) is 38.1 Å². The number of aromatic nitrogens is 2. The maximum Gasteiger partial charge on any atom is 0.433 e. The fourth-order valence-corrected chi connectivity index (χ4v) is 1.96. The van der Waals surface area contributed by atoms with E-state index in [1.165, 1.54) is 26.1 Å². The molecular weight excluding hydrogens is 245 g/mol. The third-order valence-electron chi connectivity index (χ3n) is 2.71. The standard InChI is InChI=1S/C12H11F3N2O/c1-7-10(8-5-3-4-6-9(8)18)16-17(2)11(7)12(13,14)15/h3-6,18H,1-2H3. The molecule has 0 saturated carbocycles. The Labute approximate surface area is 101 Å². The van der Waals surface area contributed by atoms with Gasteiger partial charge in [-0.15, -0.1) is 0 Å². The zero-order valence-electron chi connectivity index (χ0n) is 9.78. The van der Waals surface area contributed by atoms with E-state index in [-0.39, 0.29) is 17.0 Å². The molecule has 1 aromatic heterocycles. The molecule has 0 aliphatic rings. The Bertz CT molecular complexity index is 587. The first-order valence-electron chi connectivity index (χ1n) is 5.21. The van der Waals surface area contributed by atoms with Crippen molar-refractivity contribution in [3.8, 4) is 17.0 Å². The summed E-state index contributed by atoms with van der Waals surface area (Å²) in [4.78, 5) is 0. The average Bonchev–Trinajstić information content (AvgIpc) is 2.54. The Balaban J connectivity index is 2.66. The Morgan fingerprint density at radius 1 is 1.22 bits per heavy atom. The SMILES string of the molecule is Cc1c(-c2ccccc2O)nn(C)c1C(F)(F)F. The van der Waals surface area contributed by atoms with Crippen LogP contribution < -0.4 is 0 Å². The van der Waals surface area contributed by atoms with Crippen molar-refractivity contribution in [1.82, 2.24) is 9.78 Å². The Hall–Kier alpha value is -1.98. The largest absolute Gasteiger partial charge is 0.507 e. The van der Waals surface area contributed by atoms with Crippen molar-refractivity contribution < 1.29 is 18.3 Å². The van der Waals surface area contributed by atoms with Gasteiger partial charge in [-0.05, 0) is 19.1 Å². The third kappa shape index (κ3) is 1.94. The Morgan fingerprint density at radius 3 is 2.33 bits per heavy atom. The van der Waals surface area contributed by atoms with Gasteiger partial charge in [-0.25, -0.2) is 0 Å². The molecule has 0 bridgehead atoms. The number of nitrogens with zero attached hydrogens (tertiary/aromatic N) is 2. The fraction of sp³-hybridized carbons (Fsp3) is 0.250. The number of phenolic OH excluding ortho intramolecular Hbond substituents is 1. The summed E-state index contributed by atoms with van der Waals surface area (Å²) >= 11 is 0. The van der Waals surface area contributed by atoms with Crippen LogP contribution in [0, 0.1) is 6.92 Å². The molecule has 0 amide bonds. The van der Waals surface area contributed by atoms with Crippen molar-refractivity contribution in [2.24, 2.45) is 7.05 Å². The highest BCUT2D eigenvalue weighted by Gasteiger charge is 2.38. The summed E-state index contributed by atoms with van der Waals surface area (Å²) in [5, 5.41) is 13.5. The lowest BCUT2D eigenvalue weighted by Gasteiger charge is -2.07. The molecule has 1 heterocycles. The quantitative estimate of drug-likeness (QED) is 0.851. The van der Waals surface area contributed by atoms with Crippen LogP contribution in [0.5, 0.6) is 5.75 Å². The second kappa shape index (κ2) is 4.04. The van der Waals surface area contributed by atoms with Gasteiger partial charge in [0.2, 0.25) is 0 Å². The highest BCUT2D eigenvalue weighted by Crippen LogP contribution is 2.37. The number of para-hydroxylation sites is 1. The van der Waals surface area contributed by atoms with Gasteiger partial charge in [-0.3, -0.25) is 4.68 Å². The molecule has 0 spiro atoms. The number of phenols is 1. The van der Waals surface area contributed by atoms with Gasteiger partial charge >= 0.3 is 6.18 Å². The number of hydrogen-bond acceptors (Lipinski definition) is 2. The van der Waals surface area contributed by atoms with Gasteiger partial charge in [0.1, 0.15) is 11.4 Å². The molecule has 96 valence electrons. The minimum Gasteiger partial charge on any atom is -0.507 e. The lowest BCUT2D eigenvalue weighted by molar-refractivity contribution is -0.144. The van der Waals surface area contributed by atoms with Crippen molar-refractivity contribution >= 4 is 0 Å². The maximum absolute atomic E-state index is 12.8. The summed E-state index contributed by atoms with van der Waals surface area (Å²) in [5.74, 6) is -0.0903. The van der Waals surface area contributed by atoms with Crippen LogP contribution in [-0.2, 0) is 13.2 Å². The molecule has 0 aliphatic carbocycles. The second-order valence-electron chi connectivity index (χ2n) is 3.96. The van der Waals surface area contributed by atoms with E-state index in [0.717, 1.165) is 4.68 Å². The molecule has 2 rings (SSSR count). The molecule has 0 unspecified atom stereocenters. The van der Waals surface area contributed by atoms with Crippen molar-refractivity contribution in [1.29, 1.82) is 0 Å². The monoisotopic (exact) mass is 256 g/mol. The normalized spacial score (nSPS) is 11.8. The molecule has 0 aliphatic heterocycles. The molecule has 1 aromatic carbocycles. The van der Waals surface area contributed by atoms with E-state index in [4.69, 9.17) is 0 Å². The summed E-state index contributed by atoms with van der Waals surface area (Å²) in [6, 6.07) is 6.18. The number of alkyl halides is 3. The third-order valence-corrected chi connectivity index (χ3v) is 2.71. The molecule has 3 nitrogen and oxygen atoms in total. The number of aryl methyl sites for hydroxylation is 1. The lowest BCUT2D eigenvalue weighted by atomic mass is 10.1. The Morgan fingerprint density at radius 2 is 1.83 bits per heavy atom. The van der Waals surface area contributed by atoms with E-state index in [2.05, 4.69) is 5.10 Å². The van der Waals surface area contributed by atoms with Crippen molar-refractivity contribution in [2.75, 3.05) is 0 Å². The van der Waals surface area contributed by atoms with Gasteiger partial charge in [0.25, 0.3) is 0 Å². The van der Waals surface area contributed by atoms with Gasteiger partial charge in [-0.1, -0.05) is 12.1 Å². The van der Waals surface area contributed by atoms with Crippen LogP contribution in [0.25, 0.3) is 11.3 Å². The van der Waals surface area contributed by atoms with Crippen molar-refractivity contribution in [3.05, 3.63) is 35.5 Å². The zero-order valence-corrected chi connectivity index (χ0v) is 9.78. The molecule has 18 heavy (non-hydrogen) atoms. The summed E-state index contributed by atoms with van der Waals surface area (Å²) in [7, 11) is 1.24. The summed E-state index contributed by atoms with van der Waals surface area (Å²) < 4.78 is 39.2. The highest BCUT2D eigenvalue weighted by molar-refractivity contribution is 5.70. The van der Waals surface area contributed by atoms with Gasteiger partial charge in [-0.2, -0.15) is 18.3 Å². The number of halogens is 3. The van der Waals surface area contributed by atoms with E-state index >= 15 is 0 Å². The van der Waals surface area contributed by atoms with Crippen LogP contribution in [0.15, 0.2) is 24.3 Å². The van der Waals surface area contributed by atoms with Gasteiger partial charge in [0.15, 0.2) is 0 Å². The molecule has 2 aromatic rings. The van der Waals surface area contributed by atoms with Gasteiger partial charge in [0.05, 0.1) is 5.69 Å². The van der Waals surface area contributed by atoms with Crippen LogP contribution >= 0.6 is 0 Å².